The van der Waals surface area contributed by atoms with Crippen LogP contribution in [0.2, 0.25) is 0 Å². The molecule has 0 bridgehead atoms. The molecule has 2 aliphatic heterocycles. The first kappa shape index (κ1) is 12.8. The minimum atomic E-state index is -0.863. The van der Waals surface area contributed by atoms with Crippen molar-refractivity contribution in [3.05, 3.63) is 0 Å². The Morgan fingerprint density at radius 3 is 2.89 bits per heavy atom. The molecule has 0 aromatic carbocycles. The third-order valence-corrected chi connectivity index (χ3v) is 4.82. The lowest BCUT2D eigenvalue weighted by atomic mass is 9.98. The molecule has 0 unspecified atom stereocenters. The van der Waals surface area contributed by atoms with Crippen molar-refractivity contribution in [3.63, 3.8) is 0 Å². The van der Waals surface area contributed by atoms with Gasteiger partial charge < -0.3 is 20.3 Å². The lowest BCUT2D eigenvalue weighted by Crippen LogP contribution is -2.82. The molecule has 6 nitrogen and oxygen atoms in total. The lowest BCUT2D eigenvalue weighted by Gasteiger charge is -2.38. The van der Waals surface area contributed by atoms with Gasteiger partial charge in [-0.05, 0) is 24.6 Å². The van der Waals surface area contributed by atoms with Crippen LogP contribution in [0, 0.1) is 0 Å². The van der Waals surface area contributed by atoms with Gasteiger partial charge in [-0.2, -0.15) is 0 Å². The van der Waals surface area contributed by atoms with Crippen molar-refractivity contribution in [1.82, 2.24) is 5.32 Å². The Morgan fingerprint density at radius 2 is 2.22 bits per heavy atom. The number of hydrogen-bond acceptors (Lipinski definition) is 6. The van der Waals surface area contributed by atoms with E-state index < -0.39 is 12.2 Å². The molecule has 7 heteroatoms. The predicted molar refractivity (Wildman–Crippen MR) is 68.4 cm³/mol. The molecule has 0 amide bonds. The molecule has 2 fully saturated rings. The molecule has 18 heavy (non-hydrogen) atoms. The van der Waals surface area contributed by atoms with Crippen molar-refractivity contribution < 1.29 is 20.3 Å². The van der Waals surface area contributed by atoms with E-state index in [9.17, 15) is 10.2 Å². The van der Waals surface area contributed by atoms with Crippen LogP contribution in [-0.2, 0) is 4.74 Å². The summed E-state index contributed by atoms with van der Waals surface area (Å²) in [6.07, 6.45) is 0.354. The third kappa shape index (κ3) is 2.43. The highest BCUT2D eigenvalue weighted by atomic mass is 32.2. The maximum atomic E-state index is 10.1. The van der Waals surface area contributed by atoms with E-state index in [1.807, 2.05) is 12.4 Å². The Morgan fingerprint density at radius 1 is 1.44 bits per heavy atom. The fraction of sp³-hybridized carbons (Fsp3) is 0.909. The number of aliphatic imine (C=N–C) groups is 1. The van der Waals surface area contributed by atoms with Crippen molar-refractivity contribution in [2.24, 2.45) is 4.99 Å². The Bertz CT molecular complexity index is 350. The molecular formula is C11H20N3O3S+. The van der Waals surface area contributed by atoms with Gasteiger partial charge in [0.25, 0.3) is 5.17 Å². The lowest BCUT2D eigenvalue weighted by molar-refractivity contribution is -0.500. The quantitative estimate of drug-likeness (QED) is 0.471. The molecule has 5 atom stereocenters. The molecule has 1 aliphatic carbocycles. The zero-order chi connectivity index (χ0) is 12.7. The molecule has 5 N–H and O–H groups in total. The number of quaternary nitrogens is 1. The van der Waals surface area contributed by atoms with Crippen molar-refractivity contribution in [3.8, 4) is 0 Å². The Balaban J connectivity index is 1.62. The number of aliphatic hydroxyl groups excluding tert-OH is 2. The van der Waals surface area contributed by atoms with E-state index in [0.29, 0.717) is 12.6 Å². The second-order valence-electron chi connectivity index (χ2n) is 5.07. The number of amidine groups is 1. The van der Waals surface area contributed by atoms with Crippen molar-refractivity contribution in [2.45, 2.75) is 48.7 Å². The standard InChI is InChI=1S/C11H19N3O3S/c1-12-11-14-7-9(16)8(15)6(17-10(7)18-11)4-13-5-2-3-5/h5-10,13,15-16H,2-4H2,1H3,(H,12,14)/p+1/t6-,7-,8-,9-,10-/m1/s1. The number of hydrogen-bond donors (Lipinski definition) is 4. The van der Waals surface area contributed by atoms with Crippen LogP contribution in [0.3, 0.4) is 0 Å². The number of aliphatic hydroxyl groups is 2. The highest BCUT2D eigenvalue weighted by molar-refractivity contribution is 8.14. The minimum Gasteiger partial charge on any atom is -0.388 e. The smallest absolute Gasteiger partial charge is 0.258 e. The van der Waals surface area contributed by atoms with Crippen LogP contribution in [0.5, 0.6) is 0 Å². The molecule has 3 aliphatic rings. The second kappa shape index (κ2) is 5.07. The van der Waals surface area contributed by atoms with Crippen LogP contribution < -0.4 is 10.6 Å². The Kier molecular flexibility index (Phi) is 3.61. The van der Waals surface area contributed by atoms with Gasteiger partial charge in [-0.15, -0.1) is 0 Å². The summed E-state index contributed by atoms with van der Waals surface area (Å²) in [5.41, 5.74) is -0.166. The van der Waals surface area contributed by atoms with Gasteiger partial charge in [0.15, 0.2) is 0 Å². The maximum Gasteiger partial charge on any atom is 0.258 e. The summed E-state index contributed by atoms with van der Waals surface area (Å²) < 4.78 is 5.86. The van der Waals surface area contributed by atoms with Crippen LogP contribution in [0.4, 0.5) is 0 Å². The van der Waals surface area contributed by atoms with Gasteiger partial charge in [0, 0.05) is 12.6 Å². The predicted octanol–water partition coefficient (Wildman–Crippen LogP) is -2.15. The van der Waals surface area contributed by atoms with Gasteiger partial charge in [-0.1, -0.05) is 0 Å². The monoisotopic (exact) mass is 274 g/mol. The SMILES string of the molecule is C[NH2+]C1=N[C@@H]2[C@@H](O)[C@H](O)[C@@H](CNC3CC3)O[C@@H]2S1. The Hall–Kier alpha value is -0.180. The van der Waals surface area contributed by atoms with Crippen LogP contribution in [0.15, 0.2) is 4.99 Å². The van der Waals surface area contributed by atoms with Gasteiger partial charge in [-0.25, -0.2) is 4.99 Å². The van der Waals surface area contributed by atoms with E-state index in [-0.39, 0.29) is 17.6 Å². The van der Waals surface area contributed by atoms with E-state index in [4.69, 9.17) is 4.74 Å². The molecule has 0 aromatic heterocycles. The largest absolute Gasteiger partial charge is 0.388 e. The van der Waals surface area contributed by atoms with Crippen LogP contribution in [0.25, 0.3) is 0 Å². The van der Waals surface area contributed by atoms with Gasteiger partial charge in [0.05, 0.1) is 7.05 Å². The summed E-state index contributed by atoms with van der Waals surface area (Å²) in [5.74, 6) is 0. The van der Waals surface area contributed by atoms with Crippen molar-refractivity contribution in [1.29, 1.82) is 0 Å². The molecule has 2 heterocycles. The average Bonchev–Trinajstić information content (AvgIpc) is 3.10. The number of nitrogens with two attached hydrogens (primary N) is 1. The number of nitrogens with zero attached hydrogens (tertiary/aromatic N) is 1. The summed E-state index contributed by atoms with van der Waals surface area (Å²) in [7, 11) is 1.91. The number of fused-ring (bicyclic) bond motifs is 1. The number of rotatable bonds is 3. The molecule has 1 saturated heterocycles. The third-order valence-electron chi connectivity index (χ3n) is 3.61. The van der Waals surface area contributed by atoms with Crippen LogP contribution in [-0.4, -0.2) is 64.8 Å². The van der Waals surface area contributed by atoms with E-state index in [2.05, 4.69) is 10.3 Å². The molecule has 0 aromatic rings. The molecule has 102 valence electrons. The summed E-state index contributed by atoms with van der Waals surface area (Å²) in [5, 5.41) is 26.3. The fourth-order valence-electron chi connectivity index (χ4n) is 2.33. The van der Waals surface area contributed by atoms with Crippen molar-refractivity contribution in [2.75, 3.05) is 13.6 Å². The van der Waals surface area contributed by atoms with Crippen molar-refractivity contribution >= 4 is 16.9 Å². The molecule has 0 radical (unpaired) electrons. The van der Waals surface area contributed by atoms with Gasteiger partial charge in [0.2, 0.25) is 0 Å². The number of thioether (sulfide) groups is 1. The van der Waals surface area contributed by atoms with E-state index in [1.165, 1.54) is 24.6 Å². The van der Waals surface area contributed by atoms with Gasteiger partial charge >= 0.3 is 0 Å². The molecule has 1 saturated carbocycles. The Labute approximate surface area is 110 Å². The van der Waals surface area contributed by atoms with Gasteiger partial charge in [0.1, 0.15) is 29.8 Å². The topological polar surface area (TPSA) is 90.7 Å². The second-order valence-corrected chi connectivity index (χ2v) is 6.19. The van der Waals surface area contributed by atoms with E-state index in [1.54, 1.807) is 0 Å². The highest BCUT2D eigenvalue weighted by Crippen LogP contribution is 2.35. The van der Waals surface area contributed by atoms with E-state index >= 15 is 0 Å². The summed E-state index contributed by atoms with van der Waals surface area (Å²) in [4.78, 5) is 4.37. The number of nitrogens with one attached hydrogen (secondary N) is 1. The maximum absolute atomic E-state index is 10.1. The molecular weight excluding hydrogens is 254 g/mol. The van der Waals surface area contributed by atoms with Crippen LogP contribution in [0.1, 0.15) is 12.8 Å². The number of ether oxygens (including phenoxy) is 1. The summed E-state index contributed by atoms with van der Waals surface area (Å²) >= 11 is 1.53. The molecule has 0 spiro atoms. The minimum absolute atomic E-state index is 0.166. The summed E-state index contributed by atoms with van der Waals surface area (Å²) in [6.45, 7) is 0.595. The zero-order valence-electron chi connectivity index (χ0n) is 10.3. The van der Waals surface area contributed by atoms with Gasteiger partial charge in [-0.3, -0.25) is 5.32 Å². The highest BCUT2D eigenvalue weighted by Gasteiger charge is 2.49. The normalized spacial score (nSPS) is 43.7. The average molecular weight is 274 g/mol. The first-order valence-corrected chi connectivity index (χ1v) is 7.36. The molecule has 3 rings (SSSR count). The summed E-state index contributed by atoms with van der Waals surface area (Å²) in [6, 6.07) is 0.232. The zero-order valence-corrected chi connectivity index (χ0v) is 11.1. The van der Waals surface area contributed by atoms with E-state index in [0.717, 1.165) is 5.17 Å². The fourth-order valence-corrected chi connectivity index (χ4v) is 3.45. The first-order valence-electron chi connectivity index (χ1n) is 6.48. The van der Waals surface area contributed by atoms with Crippen LogP contribution >= 0.6 is 11.8 Å². The first-order chi connectivity index (χ1) is 8.69.